The SMILES string of the molecule is C1=Cc2cc3ccc(cc4ccc(cc5nc(cc1n2)C=C5)[nH]4)[nH]3.[Ni].c1ccc(-c2ccccn2)nc1. The van der Waals surface area contributed by atoms with Crippen molar-refractivity contribution in [3.63, 3.8) is 0 Å². The normalized spacial score (nSPS) is 11.4. The number of aromatic amines is 2. The van der Waals surface area contributed by atoms with Gasteiger partial charge in [-0.15, -0.1) is 0 Å². The van der Waals surface area contributed by atoms with Crippen LogP contribution in [-0.2, 0) is 16.5 Å². The minimum Gasteiger partial charge on any atom is -0.355 e. The van der Waals surface area contributed by atoms with Crippen LogP contribution in [0.15, 0.2) is 97.3 Å². The number of pyridine rings is 2. The summed E-state index contributed by atoms with van der Waals surface area (Å²) in [6, 6.07) is 28.0. The second kappa shape index (κ2) is 11.0. The van der Waals surface area contributed by atoms with Crippen molar-refractivity contribution in [2.24, 2.45) is 0 Å². The van der Waals surface area contributed by atoms with E-state index in [0.717, 1.165) is 56.2 Å². The topological polar surface area (TPSA) is 83.1 Å². The molecule has 7 rings (SSSR count). The Hall–Kier alpha value is -4.61. The molecule has 5 aromatic rings. The van der Waals surface area contributed by atoms with Gasteiger partial charge >= 0.3 is 0 Å². The third-order valence-corrected chi connectivity index (χ3v) is 5.63. The molecule has 0 atom stereocenters. The fraction of sp³-hybridized carbons (Fsp3) is 0. The van der Waals surface area contributed by atoms with Gasteiger partial charge in [-0.2, -0.15) is 0 Å². The molecule has 6 nitrogen and oxygen atoms in total. The summed E-state index contributed by atoms with van der Waals surface area (Å²) in [6.45, 7) is 0. The van der Waals surface area contributed by atoms with Crippen molar-refractivity contribution in [3.05, 3.63) is 120 Å². The first-order chi connectivity index (χ1) is 17.8. The molecule has 37 heavy (non-hydrogen) atoms. The van der Waals surface area contributed by atoms with Gasteiger partial charge in [-0.1, -0.05) is 12.1 Å². The molecule has 0 spiro atoms. The average molecular weight is 525 g/mol. The van der Waals surface area contributed by atoms with Gasteiger partial charge in [0.15, 0.2) is 0 Å². The molecule has 8 bridgehead atoms. The van der Waals surface area contributed by atoms with Gasteiger partial charge < -0.3 is 9.97 Å². The molecule has 2 N–H and O–H groups in total. The summed E-state index contributed by atoms with van der Waals surface area (Å²) < 4.78 is 0. The molecule has 2 aliphatic rings. The zero-order valence-electron chi connectivity index (χ0n) is 19.7. The molecule has 0 amide bonds. The number of hydrogen-bond acceptors (Lipinski definition) is 4. The van der Waals surface area contributed by atoms with E-state index >= 15 is 0 Å². The molecule has 5 aromatic heterocycles. The quantitative estimate of drug-likeness (QED) is 0.231. The maximum atomic E-state index is 4.62. The standard InChI is InChI=1S/C20H14N4.C10H8N2.Ni/c1-2-14-10-16-5-6-18(23-16)12-20-8-7-19(24-20)11-17-4-3-15(22-17)9-13(1)21-14;1-3-7-11-9(5-1)10-6-2-4-8-12-10;/h1-12,21-22H;1-8H;. The number of nitrogens with zero attached hydrogens (tertiary/aromatic N) is 4. The van der Waals surface area contributed by atoms with E-state index in [1.807, 2.05) is 78.9 Å². The Morgan fingerprint density at radius 1 is 0.432 bits per heavy atom. The van der Waals surface area contributed by atoms with E-state index in [4.69, 9.17) is 0 Å². The van der Waals surface area contributed by atoms with Crippen molar-refractivity contribution in [2.45, 2.75) is 0 Å². The van der Waals surface area contributed by atoms with Crippen LogP contribution in [0.3, 0.4) is 0 Å². The van der Waals surface area contributed by atoms with Crippen molar-refractivity contribution in [1.82, 2.24) is 29.9 Å². The summed E-state index contributed by atoms with van der Waals surface area (Å²) >= 11 is 0. The fourth-order valence-electron chi connectivity index (χ4n) is 3.97. The van der Waals surface area contributed by atoms with Gasteiger partial charge in [0.25, 0.3) is 0 Å². The monoisotopic (exact) mass is 524 g/mol. The Labute approximate surface area is 223 Å². The summed E-state index contributed by atoms with van der Waals surface area (Å²) in [5.74, 6) is 0. The minimum absolute atomic E-state index is 0. The molecular formula is C30H22N6Ni. The smallest absolute Gasteiger partial charge is 0.0886 e. The van der Waals surface area contributed by atoms with E-state index < -0.39 is 0 Å². The van der Waals surface area contributed by atoms with Crippen LogP contribution in [0.5, 0.6) is 0 Å². The van der Waals surface area contributed by atoms with Crippen molar-refractivity contribution in [1.29, 1.82) is 0 Å². The Balaban J connectivity index is 0.000000183. The van der Waals surface area contributed by atoms with Crippen LogP contribution in [0.4, 0.5) is 0 Å². The van der Waals surface area contributed by atoms with Gasteiger partial charge in [0, 0.05) is 51.0 Å². The molecule has 0 aliphatic carbocycles. The Morgan fingerprint density at radius 3 is 1.24 bits per heavy atom. The second-order valence-electron chi connectivity index (χ2n) is 8.34. The molecule has 2 aliphatic heterocycles. The van der Waals surface area contributed by atoms with E-state index in [2.05, 4.69) is 60.2 Å². The Morgan fingerprint density at radius 2 is 0.838 bits per heavy atom. The van der Waals surface area contributed by atoms with Crippen LogP contribution < -0.4 is 0 Å². The first kappa shape index (κ1) is 24.1. The number of nitrogens with one attached hydrogen (secondary N) is 2. The van der Waals surface area contributed by atoms with Gasteiger partial charge in [0.1, 0.15) is 0 Å². The van der Waals surface area contributed by atoms with Crippen LogP contribution in [-0.4, -0.2) is 29.9 Å². The minimum atomic E-state index is 0. The van der Waals surface area contributed by atoms with E-state index in [-0.39, 0.29) is 16.5 Å². The van der Waals surface area contributed by atoms with Gasteiger partial charge in [0.05, 0.1) is 34.2 Å². The average Bonchev–Trinajstić information content (AvgIpc) is 3.72. The van der Waals surface area contributed by atoms with Gasteiger partial charge in [-0.3, -0.25) is 9.97 Å². The van der Waals surface area contributed by atoms with Gasteiger partial charge in [-0.25, -0.2) is 9.97 Å². The number of fused-ring (bicyclic) bond motifs is 8. The number of H-pyrrole nitrogens is 2. The summed E-state index contributed by atoms with van der Waals surface area (Å²) in [5, 5.41) is 0. The Kier molecular flexibility index (Phi) is 7.15. The van der Waals surface area contributed by atoms with Crippen LogP contribution in [0.25, 0.3) is 57.8 Å². The first-order valence-corrected chi connectivity index (χ1v) is 11.6. The van der Waals surface area contributed by atoms with E-state index in [0.29, 0.717) is 0 Å². The molecule has 0 saturated carbocycles. The van der Waals surface area contributed by atoms with E-state index in [1.165, 1.54) is 0 Å². The molecule has 7 heteroatoms. The van der Waals surface area contributed by atoms with E-state index in [1.54, 1.807) is 12.4 Å². The summed E-state index contributed by atoms with van der Waals surface area (Å²) in [5.41, 5.74) is 9.69. The summed E-state index contributed by atoms with van der Waals surface area (Å²) in [7, 11) is 0. The number of hydrogen-bond donors (Lipinski definition) is 2. The van der Waals surface area contributed by atoms with Gasteiger partial charge in [-0.05, 0) is 97.1 Å². The van der Waals surface area contributed by atoms with Crippen LogP contribution in [0.1, 0.15) is 22.8 Å². The largest absolute Gasteiger partial charge is 0.355 e. The molecular weight excluding hydrogens is 503 g/mol. The van der Waals surface area contributed by atoms with Crippen molar-refractivity contribution in [3.8, 4) is 11.4 Å². The molecule has 0 fully saturated rings. The van der Waals surface area contributed by atoms with Crippen LogP contribution in [0.2, 0.25) is 0 Å². The predicted octanol–water partition coefficient (Wildman–Crippen LogP) is 6.80. The van der Waals surface area contributed by atoms with Crippen LogP contribution in [0, 0.1) is 0 Å². The number of aromatic nitrogens is 6. The maximum Gasteiger partial charge on any atom is 0.0886 e. The fourth-order valence-corrected chi connectivity index (χ4v) is 3.97. The molecule has 7 heterocycles. The first-order valence-electron chi connectivity index (χ1n) is 11.6. The molecule has 182 valence electrons. The zero-order valence-corrected chi connectivity index (χ0v) is 20.6. The predicted molar refractivity (Wildman–Crippen MR) is 146 cm³/mol. The third-order valence-electron chi connectivity index (χ3n) is 5.63. The van der Waals surface area contributed by atoms with Crippen LogP contribution >= 0.6 is 0 Å². The van der Waals surface area contributed by atoms with Crippen molar-refractivity contribution < 1.29 is 16.5 Å². The number of rotatable bonds is 1. The maximum absolute atomic E-state index is 4.62. The molecule has 0 saturated heterocycles. The van der Waals surface area contributed by atoms with E-state index in [9.17, 15) is 0 Å². The molecule has 0 aromatic carbocycles. The second-order valence-corrected chi connectivity index (χ2v) is 8.34. The van der Waals surface area contributed by atoms with Gasteiger partial charge in [0.2, 0.25) is 0 Å². The molecule has 0 unspecified atom stereocenters. The summed E-state index contributed by atoms with van der Waals surface area (Å²) in [4.78, 5) is 24.4. The Bertz CT molecular complexity index is 1610. The molecule has 0 radical (unpaired) electrons. The van der Waals surface area contributed by atoms with Crippen molar-refractivity contribution >= 4 is 46.4 Å². The van der Waals surface area contributed by atoms with Crippen molar-refractivity contribution in [2.75, 3.05) is 0 Å². The zero-order chi connectivity index (χ0) is 24.2. The third kappa shape index (κ3) is 5.97. The summed E-state index contributed by atoms with van der Waals surface area (Å²) in [6.07, 6.45) is 11.6.